The number of rotatable bonds is 13. The Hall–Kier alpha value is -3.61. The van der Waals surface area contributed by atoms with Crippen molar-refractivity contribution in [2.45, 2.75) is 70.3 Å². The number of benzene rings is 2. The van der Waals surface area contributed by atoms with Gasteiger partial charge in [0.05, 0.1) is 13.4 Å². The van der Waals surface area contributed by atoms with Crippen molar-refractivity contribution in [1.82, 2.24) is 20.2 Å². The maximum atomic E-state index is 13.8. The highest BCUT2D eigenvalue weighted by molar-refractivity contribution is 5.88. The number of amides is 2. The minimum absolute atomic E-state index is 0.0181. The lowest BCUT2D eigenvalue weighted by atomic mass is 9.68. The standard InChI is InChI=1S/C31H40N4O3/c1-4-5-8-17-31(27-10-7-6-9-23(27)2)20-35(21-31)30(37)28(18-24-11-14-26(38-3)15-12-24)34-29(36)16-13-25-19-32-22-33-25/h6-7,9-12,14-15,19,22,28H,4-5,8,13,16-18,20-21H2,1-3H3,(H,32,33)(H,34,36). The van der Waals surface area contributed by atoms with E-state index in [-0.39, 0.29) is 17.2 Å². The first-order valence-corrected chi connectivity index (χ1v) is 13.7. The third kappa shape index (κ3) is 6.63. The van der Waals surface area contributed by atoms with Gasteiger partial charge in [-0.3, -0.25) is 9.59 Å². The summed E-state index contributed by atoms with van der Waals surface area (Å²) in [6, 6.07) is 15.6. The Morgan fingerprint density at radius 1 is 1.13 bits per heavy atom. The number of imidazole rings is 1. The Morgan fingerprint density at radius 2 is 1.89 bits per heavy atom. The van der Waals surface area contributed by atoms with Crippen molar-refractivity contribution < 1.29 is 14.3 Å². The second kappa shape index (κ2) is 12.8. The number of hydrogen-bond acceptors (Lipinski definition) is 4. The van der Waals surface area contributed by atoms with Crippen LogP contribution in [0.1, 0.15) is 61.4 Å². The summed E-state index contributed by atoms with van der Waals surface area (Å²) >= 11 is 0. The molecule has 7 nitrogen and oxygen atoms in total. The van der Waals surface area contributed by atoms with E-state index in [0.29, 0.717) is 32.4 Å². The van der Waals surface area contributed by atoms with E-state index in [4.69, 9.17) is 4.74 Å². The fourth-order valence-corrected chi connectivity index (χ4v) is 5.54. The number of nitrogens with one attached hydrogen (secondary N) is 2. The maximum Gasteiger partial charge on any atom is 0.245 e. The van der Waals surface area contributed by atoms with E-state index in [1.54, 1.807) is 19.6 Å². The van der Waals surface area contributed by atoms with Gasteiger partial charge in [0, 0.05) is 43.2 Å². The second-order valence-corrected chi connectivity index (χ2v) is 10.5. The Balaban J connectivity index is 1.48. The van der Waals surface area contributed by atoms with Crippen LogP contribution in [0.5, 0.6) is 5.75 Å². The van der Waals surface area contributed by atoms with Gasteiger partial charge in [-0.1, -0.05) is 62.6 Å². The Morgan fingerprint density at radius 3 is 2.55 bits per heavy atom. The summed E-state index contributed by atoms with van der Waals surface area (Å²) in [7, 11) is 1.63. The van der Waals surface area contributed by atoms with Crippen LogP contribution in [0.2, 0.25) is 0 Å². The molecule has 0 aliphatic carbocycles. The number of carbonyl (C=O) groups is 2. The largest absolute Gasteiger partial charge is 0.497 e. The first-order chi connectivity index (χ1) is 18.4. The van der Waals surface area contributed by atoms with Gasteiger partial charge in [-0.25, -0.2) is 4.98 Å². The average Bonchev–Trinajstić information content (AvgIpc) is 3.43. The Labute approximate surface area is 226 Å². The van der Waals surface area contributed by atoms with E-state index < -0.39 is 6.04 Å². The van der Waals surface area contributed by atoms with Gasteiger partial charge in [0.2, 0.25) is 11.8 Å². The van der Waals surface area contributed by atoms with Crippen molar-refractivity contribution in [3.05, 3.63) is 83.4 Å². The topological polar surface area (TPSA) is 87.3 Å². The van der Waals surface area contributed by atoms with Crippen molar-refractivity contribution in [3.8, 4) is 5.75 Å². The number of carbonyl (C=O) groups excluding carboxylic acids is 2. The van der Waals surface area contributed by atoms with Gasteiger partial charge in [0.15, 0.2) is 0 Å². The van der Waals surface area contributed by atoms with Crippen molar-refractivity contribution in [2.75, 3.05) is 20.2 Å². The van der Waals surface area contributed by atoms with Crippen LogP contribution in [-0.2, 0) is 27.8 Å². The highest BCUT2D eigenvalue weighted by Gasteiger charge is 2.47. The SMILES string of the molecule is CCCCCC1(c2ccccc2C)CN(C(=O)C(Cc2ccc(OC)cc2)NC(=O)CCc2cnc[nH]2)C1. The van der Waals surface area contributed by atoms with Gasteiger partial charge in [0.1, 0.15) is 11.8 Å². The molecule has 4 rings (SSSR count). The van der Waals surface area contributed by atoms with Gasteiger partial charge in [-0.05, 0) is 48.6 Å². The van der Waals surface area contributed by atoms with E-state index in [1.165, 1.54) is 24.0 Å². The van der Waals surface area contributed by atoms with E-state index in [1.807, 2.05) is 29.2 Å². The van der Waals surface area contributed by atoms with Gasteiger partial charge in [0.25, 0.3) is 0 Å². The summed E-state index contributed by atoms with van der Waals surface area (Å²) in [4.78, 5) is 35.7. The monoisotopic (exact) mass is 516 g/mol. The van der Waals surface area contributed by atoms with Crippen molar-refractivity contribution >= 4 is 11.8 Å². The molecule has 202 valence electrons. The molecule has 1 aromatic heterocycles. The molecule has 1 unspecified atom stereocenters. The minimum atomic E-state index is -0.622. The summed E-state index contributed by atoms with van der Waals surface area (Å²) in [5.41, 5.74) is 4.47. The first-order valence-electron chi connectivity index (χ1n) is 13.7. The van der Waals surface area contributed by atoms with Crippen molar-refractivity contribution in [1.29, 1.82) is 0 Å². The molecule has 2 aromatic carbocycles. The van der Waals surface area contributed by atoms with Crippen LogP contribution in [0.4, 0.5) is 0 Å². The molecule has 2 heterocycles. The minimum Gasteiger partial charge on any atom is -0.497 e. The number of ether oxygens (including phenoxy) is 1. The summed E-state index contributed by atoms with van der Waals surface area (Å²) < 4.78 is 5.28. The number of nitrogens with zero attached hydrogens (tertiary/aromatic N) is 2. The van der Waals surface area contributed by atoms with Crippen LogP contribution in [0.15, 0.2) is 61.1 Å². The molecular weight excluding hydrogens is 476 g/mol. The molecule has 0 saturated carbocycles. The summed E-state index contributed by atoms with van der Waals surface area (Å²) in [6.07, 6.45) is 9.16. The molecule has 2 amide bonds. The van der Waals surface area contributed by atoms with E-state index >= 15 is 0 Å². The number of aryl methyl sites for hydroxylation is 2. The zero-order valence-corrected chi connectivity index (χ0v) is 22.8. The van der Waals surface area contributed by atoms with E-state index in [0.717, 1.165) is 29.8 Å². The van der Waals surface area contributed by atoms with Crippen LogP contribution < -0.4 is 10.1 Å². The number of unbranched alkanes of at least 4 members (excludes halogenated alkanes) is 2. The molecule has 1 aliphatic rings. The predicted octanol–water partition coefficient (Wildman–Crippen LogP) is 4.75. The average molecular weight is 517 g/mol. The van der Waals surface area contributed by atoms with Crippen molar-refractivity contribution in [3.63, 3.8) is 0 Å². The lowest BCUT2D eigenvalue weighted by molar-refractivity contribution is -0.143. The molecule has 1 fully saturated rings. The molecular formula is C31H40N4O3. The van der Waals surface area contributed by atoms with Crippen LogP contribution >= 0.6 is 0 Å². The fraction of sp³-hybridized carbons (Fsp3) is 0.452. The Bertz CT molecular complexity index is 1180. The number of likely N-dealkylation sites (tertiary alicyclic amines) is 1. The smallest absolute Gasteiger partial charge is 0.245 e. The number of hydrogen-bond donors (Lipinski definition) is 2. The molecule has 2 N–H and O–H groups in total. The molecule has 7 heteroatoms. The number of aromatic nitrogens is 2. The molecule has 0 radical (unpaired) electrons. The van der Waals surface area contributed by atoms with E-state index in [9.17, 15) is 9.59 Å². The van der Waals surface area contributed by atoms with E-state index in [2.05, 4.69) is 53.4 Å². The third-order valence-corrected chi connectivity index (χ3v) is 7.68. The number of aromatic amines is 1. The normalized spacial score (nSPS) is 15.0. The summed E-state index contributed by atoms with van der Waals surface area (Å²) in [6.45, 7) is 5.75. The predicted molar refractivity (Wildman–Crippen MR) is 149 cm³/mol. The molecule has 1 aliphatic heterocycles. The number of H-pyrrole nitrogens is 1. The van der Waals surface area contributed by atoms with Crippen LogP contribution in [0.25, 0.3) is 0 Å². The highest BCUT2D eigenvalue weighted by atomic mass is 16.5. The number of methoxy groups -OCH3 is 1. The molecule has 3 aromatic rings. The molecule has 1 saturated heterocycles. The van der Waals surface area contributed by atoms with Crippen LogP contribution in [0, 0.1) is 6.92 Å². The van der Waals surface area contributed by atoms with Gasteiger partial charge >= 0.3 is 0 Å². The lowest BCUT2D eigenvalue weighted by Crippen LogP contribution is -2.65. The van der Waals surface area contributed by atoms with Gasteiger partial charge in [-0.2, -0.15) is 0 Å². The summed E-state index contributed by atoms with van der Waals surface area (Å²) in [5, 5.41) is 3.04. The van der Waals surface area contributed by atoms with Gasteiger partial charge in [-0.15, -0.1) is 0 Å². The lowest BCUT2D eigenvalue weighted by Gasteiger charge is -2.52. The van der Waals surface area contributed by atoms with Crippen molar-refractivity contribution in [2.24, 2.45) is 0 Å². The zero-order chi connectivity index (χ0) is 27.0. The fourth-order valence-electron chi connectivity index (χ4n) is 5.54. The zero-order valence-electron chi connectivity index (χ0n) is 22.8. The molecule has 1 atom stereocenters. The third-order valence-electron chi connectivity index (χ3n) is 7.68. The first kappa shape index (κ1) is 27.4. The molecule has 0 spiro atoms. The maximum absolute atomic E-state index is 13.8. The van der Waals surface area contributed by atoms with Crippen LogP contribution in [-0.4, -0.2) is 52.9 Å². The molecule has 0 bridgehead atoms. The van der Waals surface area contributed by atoms with Crippen LogP contribution in [0.3, 0.4) is 0 Å². The van der Waals surface area contributed by atoms with Gasteiger partial charge < -0.3 is 19.9 Å². The second-order valence-electron chi connectivity index (χ2n) is 10.5. The molecule has 38 heavy (non-hydrogen) atoms. The summed E-state index contributed by atoms with van der Waals surface area (Å²) in [5.74, 6) is 0.605. The Kier molecular flexibility index (Phi) is 9.21. The quantitative estimate of drug-likeness (QED) is 0.321. The highest BCUT2D eigenvalue weighted by Crippen LogP contribution is 2.41.